The zero-order valence-electron chi connectivity index (χ0n) is 14.4. The maximum absolute atomic E-state index is 13.2. The van der Waals surface area contributed by atoms with Crippen LogP contribution in [0.2, 0.25) is 10.0 Å². The zero-order chi connectivity index (χ0) is 19.7. The molecule has 0 saturated heterocycles. The first-order valence-corrected chi connectivity index (χ1v) is 9.99. The third-order valence-corrected chi connectivity index (χ3v) is 5.27. The van der Waals surface area contributed by atoms with E-state index in [9.17, 15) is 4.79 Å². The molecule has 3 aromatic carbocycles. The van der Waals surface area contributed by atoms with E-state index < -0.39 is 0 Å². The molecule has 6 heteroatoms. The number of hydrogen-bond donors (Lipinski definition) is 0. The lowest BCUT2D eigenvalue weighted by molar-refractivity contribution is -0.113. The van der Waals surface area contributed by atoms with Gasteiger partial charge in [-0.3, -0.25) is 9.69 Å². The van der Waals surface area contributed by atoms with Gasteiger partial charge in [-0.05, 0) is 42.0 Å². The van der Waals surface area contributed by atoms with E-state index in [0.29, 0.717) is 27.1 Å². The van der Waals surface area contributed by atoms with E-state index in [1.54, 1.807) is 29.2 Å². The van der Waals surface area contributed by atoms with Crippen LogP contribution in [-0.2, 0) is 4.79 Å². The van der Waals surface area contributed by atoms with Gasteiger partial charge in [-0.25, -0.2) is 4.99 Å². The molecule has 0 atom stereocenters. The average molecular weight is 472 g/mol. The fraction of sp³-hybridized carbons (Fsp3) is 0. The Morgan fingerprint density at radius 3 is 2.43 bits per heavy atom. The molecule has 1 amide bonds. The van der Waals surface area contributed by atoms with Gasteiger partial charge in [0.15, 0.2) is 0 Å². The fourth-order valence-electron chi connectivity index (χ4n) is 2.92. The number of amidine groups is 1. The summed E-state index contributed by atoms with van der Waals surface area (Å²) < 4.78 is 0.878. The quantitative estimate of drug-likeness (QED) is 0.396. The second kappa shape index (κ2) is 7.92. The van der Waals surface area contributed by atoms with E-state index >= 15 is 0 Å². The van der Waals surface area contributed by atoms with E-state index in [2.05, 4.69) is 20.9 Å². The molecule has 1 aliphatic rings. The third-order valence-electron chi connectivity index (χ3n) is 4.21. The molecule has 0 unspecified atom stereocenters. The first-order chi connectivity index (χ1) is 13.5. The van der Waals surface area contributed by atoms with Crippen LogP contribution in [0, 0.1) is 0 Å². The Bertz CT molecular complexity index is 1130. The lowest BCUT2D eigenvalue weighted by Gasteiger charge is -2.18. The summed E-state index contributed by atoms with van der Waals surface area (Å²) in [6.45, 7) is 0. The first kappa shape index (κ1) is 18.9. The Balaban J connectivity index is 1.84. The minimum atomic E-state index is -0.219. The van der Waals surface area contributed by atoms with Gasteiger partial charge in [-0.15, -0.1) is 0 Å². The van der Waals surface area contributed by atoms with Crippen molar-refractivity contribution in [2.24, 2.45) is 4.99 Å². The van der Waals surface area contributed by atoms with E-state index in [0.717, 1.165) is 15.7 Å². The molecule has 0 fully saturated rings. The molecule has 1 heterocycles. The summed E-state index contributed by atoms with van der Waals surface area (Å²) in [5.74, 6) is 0.350. The highest BCUT2D eigenvalue weighted by Crippen LogP contribution is 2.31. The summed E-state index contributed by atoms with van der Waals surface area (Å²) in [7, 11) is 0. The smallest absolute Gasteiger partial charge is 0.266 e. The highest BCUT2D eigenvalue weighted by Gasteiger charge is 2.32. The van der Waals surface area contributed by atoms with Crippen LogP contribution >= 0.6 is 39.1 Å². The van der Waals surface area contributed by atoms with Crippen molar-refractivity contribution in [3.8, 4) is 0 Å². The number of halogens is 3. The van der Waals surface area contributed by atoms with Gasteiger partial charge < -0.3 is 0 Å². The van der Waals surface area contributed by atoms with Gasteiger partial charge in [-0.1, -0.05) is 81.6 Å². The molecule has 0 bridgehead atoms. The lowest BCUT2D eigenvalue weighted by atomic mass is 10.1. The van der Waals surface area contributed by atoms with Crippen molar-refractivity contribution in [2.75, 3.05) is 4.90 Å². The molecule has 0 aromatic heterocycles. The Morgan fingerprint density at radius 2 is 1.71 bits per heavy atom. The molecule has 0 spiro atoms. The molecule has 138 valence electrons. The van der Waals surface area contributed by atoms with Gasteiger partial charge in [0, 0.05) is 20.1 Å². The molecule has 3 nitrogen and oxygen atoms in total. The number of amides is 1. The monoisotopic (exact) mass is 470 g/mol. The van der Waals surface area contributed by atoms with Crippen LogP contribution in [0.5, 0.6) is 0 Å². The molecule has 0 radical (unpaired) electrons. The molecular formula is C22H13BrCl2N2O. The van der Waals surface area contributed by atoms with Gasteiger partial charge in [0.25, 0.3) is 5.91 Å². The van der Waals surface area contributed by atoms with Crippen LogP contribution in [0.3, 0.4) is 0 Å². The number of rotatable bonds is 3. The summed E-state index contributed by atoms with van der Waals surface area (Å²) in [5, 5.41) is 0.999. The number of hydrogen-bond acceptors (Lipinski definition) is 2. The zero-order valence-corrected chi connectivity index (χ0v) is 17.5. The van der Waals surface area contributed by atoms with Crippen molar-refractivity contribution in [1.82, 2.24) is 0 Å². The third kappa shape index (κ3) is 3.76. The van der Waals surface area contributed by atoms with Crippen LogP contribution in [0.15, 0.2) is 88.0 Å². The van der Waals surface area contributed by atoms with Crippen molar-refractivity contribution in [1.29, 1.82) is 0 Å². The van der Waals surface area contributed by atoms with Gasteiger partial charge in [0.2, 0.25) is 0 Å². The highest BCUT2D eigenvalue weighted by atomic mass is 79.9. The molecule has 3 aromatic rings. The molecule has 0 aliphatic carbocycles. The van der Waals surface area contributed by atoms with Gasteiger partial charge in [0.1, 0.15) is 11.5 Å². The van der Waals surface area contributed by atoms with Crippen molar-refractivity contribution < 1.29 is 4.79 Å². The Morgan fingerprint density at radius 1 is 0.929 bits per heavy atom. The average Bonchev–Trinajstić information content (AvgIpc) is 3.01. The predicted octanol–water partition coefficient (Wildman–Crippen LogP) is 6.59. The maximum atomic E-state index is 13.2. The summed E-state index contributed by atoms with van der Waals surface area (Å²) in [4.78, 5) is 19.5. The van der Waals surface area contributed by atoms with E-state index in [-0.39, 0.29) is 5.91 Å². The largest absolute Gasteiger partial charge is 0.282 e. The van der Waals surface area contributed by atoms with E-state index in [1.165, 1.54) is 0 Å². The number of nitrogens with zero attached hydrogens (tertiary/aromatic N) is 2. The number of benzene rings is 3. The minimum absolute atomic E-state index is 0.219. The number of anilines is 1. The lowest BCUT2D eigenvalue weighted by Crippen LogP contribution is -2.32. The van der Waals surface area contributed by atoms with Crippen molar-refractivity contribution in [2.45, 2.75) is 0 Å². The Kier molecular flexibility index (Phi) is 5.36. The van der Waals surface area contributed by atoms with Crippen LogP contribution in [-0.4, -0.2) is 11.7 Å². The summed E-state index contributed by atoms with van der Waals surface area (Å²) in [5.41, 5.74) is 2.57. The van der Waals surface area contributed by atoms with Crippen LogP contribution in [0.4, 0.5) is 5.69 Å². The van der Waals surface area contributed by atoms with Crippen LogP contribution in [0.25, 0.3) is 6.08 Å². The number of carbonyl (C=O) groups is 1. The summed E-state index contributed by atoms with van der Waals surface area (Å²) in [6.07, 6.45) is 1.68. The van der Waals surface area contributed by atoms with Gasteiger partial charge in [-0.2, -0.15) is 0 Å². The van der Waals surface area contributed by atoms with Crippen molar-refractivity contribution in [3.63, 3.8) is 0 Å². The van der Waals surface area contributed by atoms with Gasteiger partial charge in [0.05, 0.1) is 5.69 Å². The standard InChI is InChI=1S/C22H13BrCl2N2O/c23-16-7-4-8-18(12-16)27-21(14-5-2-1-3-6-14)26-20(22(27)28)11-15-9-10-17(24)13-19(15)25/h1-13H/b20-11+. The fourth-order valence-corrected chi connectivity index (χ4v) is 3.77. The molecule has 1 aliphatic heterocycles. The molecular weight excluding hydrogens is 459 g/mol. The Labute approximate surface area is 181 Å². The molecule has 4 rings (SSSR count). The van der Waals surface area contributed by atoms with E-state index in [1.807, 2.05) is 54.6 Å². The maximum Gasteiger partial charge on any atom is 0.282 e. The molecule has 0 saturated carbocycles. The predicted molar refractivity (Wildman–Crippen MR) is 119 cm³/mol. The topological polar surface area (TPSA) is 32.7 Å². The van der Waals surface area contributed by atoms with Crippen LogP contribution < -0.4 is 4.90 Å². The van der Waals surface area contributed by atoms with Gasteiger partial charge >= 0.3 is 0 Å². The summed E-state index contributed by atoms with van der Waals surface area (Å²) >= 11 is 15.7. The Hall–Kier alpha value is -2.40. The number of aliphatic imine (C=N–C) groups is 1. The number of carbonyl (C=O) groups excluding carboxylic acids is 1. The van der Waals surface area contributed by atoms with Crippen molar-refractivity contribution >= 4 is 62.6 Å². The SMILES string of the molecule is O=C1/C(=C\c2ccc(Cl)cc2Cl)N=C(c2ccccc2)N1c1cccc(Br)c1. The highest BCUT2D eigenvalue weighted by molar-refractivity contribution is 9.10. The van der Waals surface area contributed by atoms with Crippen LogP contribution in [0.1, 0.15) is 11.1 Å². The molecule has 0 N–H and O–H groups in total. The van der Waals surface area contributed by atoms with Crippen molar-refractivity contribution in [3.05, 3.63) is 104 Å². The molecule has 28 heavy (non-hydrogen) atoms. The second-order valence-electron chi connectivity index (χ2n) is 6.12. The first-order valence-electron chi connectivity index (χ1n) is 8.44. The normalized spacial score (nSPS) is 15.2. The van der Waals surface area contributed by atoms with E-state index in [4.69, 9.17) is 23.2 Å². The summed E-state index contributed by atoms with van der Waals surface area (Å²) in [6, 6.07) is 22.3. The minimum Gasteiger partial charge on any atom is -0.266 e. The second-order valence-corrected chi connectivity index (χ2v) is 7.88.